The minimum absolute atomic E-state index is 0.250. The van der Waals surface area contributed by atoms with Crippen LogP contribution in [0.3, 0.4) is 0 Å². The second-order valence-corrected chi connectivity index (χ2v) is 9.80. The number of hydrogen-bond acceptors (Lipinski definition) is 5. The van der Waals surface area contributed by atoms with Gasteiger partial charge in [-0.15, -0.1) is 0 Å². The van der Waals surface area contributed by atoms with Crippen LogP contribution in [-0.2, 0) is 11.3 Å². The molecule has 3 heterocycles. The highest BCUT2D eigenvalue weighted by molar-refractivity contribution is 7.07. The first kappa shape index (κ1) is 22.2. The van der Waals surface area contributed by atoms with Crippen molar-refractivity contribution in [3.05, 3.63) is 127 Å². The molecular weight excluding hydrogens is 477 g/mol. The van der Waals surface area contributed by atoms with E-state index in [-0.39, 0.29) is 11.6 Å². The lowest BCUT2D eigenvalue weighted by Crippen LogP contribution is -2.67. The number of urea groups is 1. The van der Waals surface area contributed by atoms with Crippen molar-refractivity contribution in [3.8, 4) is 0 Å². The van der Waals surface area contributed by atoms with Gasteiger partial charge in [-0.25, -0.2) is 14.2 Å². The zero-order chi connectivity index (χ0) is 25.1. The Labute approximate surface area is 210 Å². The molecule has 180 valence electrons. The normalized spacial score (nSPS) is 23.2. The topological polar surface area (TPSA) is 69.9 Å². The third kappa shape index (κ3) is 2.80. The molecule has 0 spiro atoms. The van der Waals surface area contributed by atoms with Crippen molar-refractivity contribution in [3.63, 3.8) is 0 Å². The summed E-state index contributed by atoms with van der Waals surface area (Å²) >= 11 is 1.15. The highest BCUT2D eigenvalue weighted by Crippen LogP contribution is 2.53. The quantitative estimate of drug-likeness (QED) is 0.471. The SMILES string of the molecule is CN1C(=O)N(C)[C@]2(c3ccccc3)Nn3c(s/c(=C\c4ccccc4F)c3=O)=N[C@@]12c1ccccc1. The Hall–Kier alpha value is -4.24. The zero-order valence-electron chi connectivity index (χ0n) is 19.6. The molecule has 1 N–H and O–H groups in total. The Bertz CT molecular complexity index is 1670. The van der Waals surface area contributed by atoms with Gasteiger partial charge in [0.15, 0.2) is 0 Å². The van der Waals surface area contributed by atoms with Crippen LogP contribution in [0.25, 0.3) is 6.08 Å². The highest BCUT2D eigenvalue weighted by Gasteiger charge is 2.69. The summed E-state index contributed by atoms with van der Waals surface area (Å²) in [6, 6.07) is 25.1. The Morgan fingerprint density at radius 2 is 1.47 bits per heavy atom. The molecule has 2 aliphatic heterocycles. The second-order valence-electron chi connectivity index (χ2n) is 8.79. The molecule has 1 aromatic heterocycles. The van der Waals surface area contributed by atoms with Crippen LogP contribution in [0.2, 0.25) is 0 Å². The Morgan fingerprint density at radius 3 is 2.14 bits per heavy atom. The summed E-state index contributed by atoms with van der Waals surface area (Å²) in [4.78, 5) is 35.9. The van der Waals surface area contributed by atoms with Crippen LogP contribution in [0.1, 0.15) is 16.7 Å². The average molecular weight is 500 g/mol. The smallest absolute Gasteiger partial charge is 0.295 e. The average Bonchev–Trinajstić information content (AvgIpc) is 3.30. The van der Waals surface area contributed by atoms with Gasteiger partial charge in [0.25, 0.3) is 5.56 Å². The molecule has 4 aromatic rings. The van der Waals surface area contributed by atoms with Gasteiger partial charge in [0, 0.05) is 30.8 Å². The molecule has 9 heteroatoms. The van der Waals surface area contributed by atoms with Crippen molar-refractivity contribution >= 4 is 23.4 Å². The number of thiazole rings is 1. The third-order valence-electron chi connectivity index (χ3n) is 6.96. The predicted octanol–water partition coefficient (Wildman–Crippen LogP) is 2.76. The molecule has 0 aliphatic carbocycles. The largest absolute Gasteiger partial charge is 0.324 e. The molecule has 0 saturated carbocycles. The molecule has 3 aromatic carbocycles. The van der Waals surface area contributed by atoms with Gasteiger partial charge >= 0.3 is 6.03 Å². The van der Waals surface area contributed by atoms with Crippen molar-refractivity contribution in [1.29, 1.82) is 0 Å². The number of carbonyl (C=O) groups is 1. The van der Waals surface area contributed by atoms with Gasteiger partial charge < -0.3 is 0 Å². The number of hydrogen-bond donors (Lipinski definition) is 1. The number of amides is 2. The second kappa shape index (κ2) is 7.89. The van der Waals surface area contributed by atoms with E-state index < -0.39 is 17.1 Å². The number of nitrogens with one attached hydrogen (secondary N) is 1. The lowest BCUT2D eigenvalue weighted by molar-refractivity contribution is 0.0648. The summed E-state index contributed by atoms with van der Waals surface area (Å²) in [5, 5.41) is 0. The van der Waals surface area contributed by atoms with Crippen LogP contribution in [-0.4, -0.2) is 34.6 Å². The summed E-state index contributed by atoms with van der Waals surface area (Å²) in [6.07, 6.45) is 1.53. The number of benzene rings is 3. The van der Waals surface area contributed by atoms with Gasteiger partial charge in [-0.3, -0.25) is 20.0 Å². The zero-order valence-corrected chi connectivity index (χ0v) is 20.4. The van der Waals surface area contributed by atoms with Gasteiger partial charge in [-0.1, -0.05) is 90.2 Å². The van der Waals surface area contributed by atoms with Crippen molar-refractivity contribution in [1.82, 2.24) is 14.5 Å². The van der Waals surface area contributed by atoms with Crippen LogP contribution < -0.4 is 20.3 Å². The number of fused-ring (bicyclic) bond motifs is 2. The van der Waals surface area contributed by atoms with E-state index in [1.165, 1.54) is 16.8 Å². The van der Waals surface area contributed by atoms with Crippen LogP contribution >= 0.6 is 11.3 Å². The standard InChI is InChI=1S/C27H22FN5O2S/c1-31-25(35)32(2)27(20-14-7-4-8-15-20)26(31,19-12-5-3-6-13-19)29-24-33(30-27)23(34)22(36-24)17-18-11-9-10-16-21(18)28/h3-17,30H,1-2H3/b22-17-/t26-,27-/m0/s1. The van der Waals surface area contributed by atoms with E-state index in [9.17, 15) is 14.0 Å². The fourth-order valence-corrected chi connectivity index (χ4v) is 6.21. The predicted molar refractivity (Wildman–Crippen MR) is 136 cm³/mol. The van der Waals surface area contributed by atoms with E-state index >= 15 is 0 Å². The number of rotatable bonds is 3. The first-order valence-electron chi connectivity index (χ1n) is 11.4. The van der Waals surface area contributed by atoms with Gasteiger partial charge in [0.2, 0.25) is 16.1 Å². The van der Waals surface area contributed by atoms with E-state index in [2.05, 4.69) is 5.43 Å². The fourth-order valence-electron chi connectivity index (χ4n) is 5.25. The maximum absolute atomic E-state index is 14.4. The van der Waals surface area contributed by atoms with Crippen molar-refractivity contribution in [2.75, 3.05) is 19.5 Å². The maximum Gasteiger partial charge on any atom is 0.324 e. The van der Waals surface area contributed by atoms with E-state index in [1.807, 2.05) is 60.7 Å². The van der Waals surface area contributed by atoms with Crippen molar-refractivity contribution in [2.45, 2.75) is 11.3 Å². The maximum atomic E-state index is 14.4. The molecule has 2 atom stereocenters. The monoisotopic (exact) mass is 499 g/mol. The molecule has 7 nitrogen and oxygen atoms in total. The van der Waals surface area contributed by atoms with Crippen LogP contribution in [0.5, 0.6) is 0 Å². The van der Waals surface area contributed by atoms with E-state index in [1.54, 1.807) is 42.1 Å². The summed E-state index contributed by atoms with van der Waals surface area (Å²) < 4.78 is 16.1. The van der Waals surface area contributed by atoms with E-state index in [4.69, 9.17) is 4.99 Å². The number of halogens is 1. The van der Waals surface area contributed by atoms with Gasteiger partial charge in [-0.2, -0.15) is 4.68 Å². The van der Waals surface area contributed by atoms with Crippen molar-refractivity contribution < 1.29 is 9.18 Å². The van der Waals surface area contributed by atoms with E-state index in [0.717, 1.165) is 22.5 Å². The number of aromatic nitrogens is 1. The van der Waals surface area contributed by atoms with E-state index in [0.29, 0.717) is 14.9 Å². The minimum atomic E-state index is -1.24. The first-order chi connectivity index (χ1) is 17.4. The molecular formula is C27H22FN5O2S. The summed E-state index contributed by atoms with van der Waals surface area (Å²) in [5.74, 6) is -0.415. The Morgan fingerprint density at radius 1 is 0.861 bits per heavy atom. The highest BCUT2D eigenvalue weighted by atomic mass is 32.1. The fraction of sp³-hybridized carbons (Fsp3) is 0.148. The summed E-state index contributed by atoms with van der Waals surface area (Å²) in [5.41, 5.74) is 2.43. The lowest BCUT2D eigenvalue weighted by Gasteiger charge is -2.49. The van der Waals surface area contributed by atoms with Crippen LogP contribution in [0, 0.1) is 5.82 Å². The number of carbonyl (C=O) groups excluding carboxylic acids is 1. The Balaban J connectivity index is 1.72. The summed E-state index contributed by atoms with van der Waals surface area (Å²) in [6.45, 7) is 0. The minimum Gasteiger partial charge on any atom is -0.295 e. The molecule has 2 amide bonds. The van der Waals surface area contributed by atoms with Crippen LogP contribution in [0.15, 0.2) is 94.7 Å². The first-order valence-corrected chi connectivity index (χ1v) is 12.2. The Kier molecular flexibility index (Phi) is 4.87. The molecule has 0 unspecified atom stereocenters. The van der Waals surface area contributed by atoms with Crippen LogP contribution in [0.4, 0.5) is 9.18 Å². The summed E-state index contributed by atoms with van der Waals surface area (Å²) in [7, 11) is 3.42. The number of nitrogens with zero attached hydrogens (tertiary/aromatic N) is 4. The van der Waals surface area contributed by atoms with Gasteiger partial charge in [0.05, 0.1) is 4.53 Å². The molecule has 0 radical (unpaired) electrons. The molecule has 6 rings (SSSR count). The molecule has 36 heavy (non-hydrogen) atoms. The lowest BCUT2D eigenvalue weighted by atomic mass is 9.80. The van der Waals surface area contributed by atoms with Crippen molar-refractivity contribution in [2.24, 2.45) is 4.99 Å². The molecule has 1 fully saturated rings. The van der Waals surface area contributed by atoms with Gasteiger partial charge in [0.1, 0.15) is 5.82 Å². The third-order valence-corrected chi connectivity index (χ3v) is 7.93. The number of likely N-dealkylation sites (N-methyl/N-ethyl adjacent to an activating group) is 2. The molecule has 0 bridgehead atoms. The van der Waals surface area contributed by atoms with Gasteiger partial charge in [-0.05, 0) is 12.1 Å². The molecule has 1 saturated heterocycles. The molecule has 2 aliphatic rings.